The van der Waals surface area contributed by atoms with Gasteiger partial charge in [-0.25, -0.2) is 0 Å². The van der Waals surface area contributed by atoms with Crippen LogP contribution < -0.4 is 4.74 Å². The molecule has 1 aromatic heterocycles. The van der Waals surface area contributed by atoms with E-state index in [4.69, 9.17) is 4.74 Å². The van der Waals surface area contributed by atoms with Crippen molar-refractivity contribution in [2.75, 3.05) is 13.7 Å². The zero-order chi connectivity index (χ0) is 17.6. The molecule has 1 aromatic carbocycles. The summed E-state index contributed by atoms with van der Waals surface area (Å²) in [6.45, 7) is 0.850. The zero-order valence-corrected chi connectivity index (χ0v) is 15.1. The van der Waals surface area contributed by atoms with Crippen molar-refractivity contribution in [3.05, 3.63) is 47.8 Å². The molecule has 1 amide bonds. The Morgan fingerprint density at radius 1 is 1.24 bits per heavy atom. The fourth-order valence-electron chi connectivity index (χ4n) is 3.58. The van der Waals surface area contributed by atoms with Gasteiger partial charge < -0.3 is 9.64 Å². The summed E-state index contributed by atoms with van der Waals surface area (Å²) >= 11 is 0. The smallest absolute Gasteiger partial charge is 0.223 e. The third kappa shape index (κ3) is 4.41. The first-order valence-corrected chi connectivity index (χ1v) is 9.08. The number of methoxy groups -OCH3 is 1. The first-order chi connectivity index (χ1) is 12.2. The van der Waals surface area contributed by atoms with Crippen LogP contribution in [0.3, 0.4) is 0 Å². The van der Waals surface area contributed by atoms with Crippen molar-refractivity contribution < 1.29 is 9.53 Å². The number of hydrogen-bond donors (Lipinski definition) is 0. The Bertz CT molecular complexity index is 693. The van der Waals surface area contributed by atoms with Gasteiger partial charge in [0.1, 0.15) is 5.75 Å². The van der Waals surface area contributed by atoms with Gasteiger partial charge in [0.25, 0.3) is 0 Å². The molecule has 25 heavy (non-hydrogen) atoms. The number of carbonyl (C=O) groups is 1. The summed E-state index contributed by atoms with van der Waals surface area (Å²) in [5, 5.41) is 4.18. The Balaban J connectivity index is 1.71. The highest BCUT2D eigenvalue weighted by atomic mass is 16.5. The molecule has 2 heterocycles. The van der Waals surface area contributed by atoms with Crippen LogP contribution in [-0.2, 0) is 18.3 Å². The maximum atomic E-state index is 12.9. The van der Waals surface area contributed by atoms with Crippen LogP contribution in [0.25, 0.3) is 0 Å². The highest BCUT2D eigenvalue weighted by Crippen LogP contribution is 2.31. The van der Waals surface area contributed by atoms with Crippen molar-refractivity contribution in [3.8, 4) is 5.75 Å². The summed E-state index contributed by atoms with van der Waals surface area (Å²) in [4.78, 5) is 15.0. The number of aryl methyl sites for hydroxylation is 2. The third-order valence-electron chi connectivity index (χ3n) is 4.96. The van der Waals surface area contributed by atoms with E-state index in [0.29, 0.717) is 6.42 Å². The van der Waals surface area contributed by atoms with Crippen molar-refractivity contribution in [3.63, 3.8) is 0 Å². The van der Waals surface area contributed by atoms with E-state index in [9.17, 15) is 4.79 Å². The van der Waals surface area contributed by atoms with Gasteiger partial charge in [-0.2, -0.15) is 5.10 Å². The predicted octanol–water partition coefficient (Wildman–Crippen LogP) is 3.51. The second-order valence-corrected chi connectivity index (χ2v) is 6.75. The van der Waals surface area contributed by atoms with Gasteiger partial charge in [-0.15, -0.1) is 0 Å². The summed E-state index contributed by atoms with van der Waals surface area (Å²) in [6, 6.07) is 8.33. The molecule has 1 atom stereocenters. The molecule has 1 saturated heterocycles. The SMILES string of the molecule is COc1ccc(C2CCCCCN2C(=O)CCc2cnn(C)c2)cc1. The van der Waals surface area contributed by atoms with E-state index in [1.165, 1.54) is 18.4 Å². The molecule has 0 radical (unpaired) electrons. The summed E-state index contributed by atoms with van der Waals surface area (Å²) in [5.41, 5.74) is 2.32. The molecule has 1 aliphatic heterocycles. The summed E-state index contributed by atoms with van der Waals surface area (Å²) < 4.78 is 7.04. The quantitative estimate of drug-likeness (QED) is 0.836. The van der Waals surface area contributed by atoms with E-state index in [1.54, 1.807) is 11.8 Å². The first kappa shape index (κ1) is 17.5. The lowest BCUT2D eigenvalue weighted by Crippen LogP contribution is -2.35. The number of hydrogen-bond acceptors (Lipinski definition) is 3. The van der Waals surface area contributed by atoms with Gasteiger partial charge in [-0.3, -0.25) is 9.48 Å². The van der Waals surface area contributed by atoms with Crippen LogP contribution in [-0.4, -0.2) is 34.2 Å². The maximum Gasteiger partial charge on any atom is 0.223 e. The molecule has 134 valence electrons. The molecular formula is C20H27N3O2. The highest BCUT2D eigenvalue weighted by Gasteiger charge is 2.26. The number of benzene rings is 1. The van der Waals surface area contributed by atoms with Gasteiger partial charge in [0.05, 0.1) is 19.3 Å². The lowest BCUT2D eigenvalue weighted by molar-refractivity contribution is -0.133. The number of nitrogens with zero attached hydrogens (tertiary/aromatic N) is 3. The third-order valence-corrected chi connectivity index (χ3v) is 4.96. The van der Waals surface area contributed by atoms with Crippen LogP contribution in [0.4, 0.5) is 0 Å². The maximum absolute atomic E-state index is 12.9. The molecule has 1 aliphatic rings. The Morgan fingerprint density at radius 3 is 2.72 bits per heavy atom. The van der Waals surface area contributed by atoms with E-state index in [2.05, 4.69) is 22.1 Å². The van der Waals surface area contributed by atoms with Crippen molar-refractivity contribution in [2.45, 2.75) is 44.6 Å². The Morgan fingerprint density at radius 2 is 2.04 bits per heavy atom. The standard InChI is InChI=1S/C20H27N3O2/c1-22-15-16(14-21-22)7-12-20(24)23-13-5-3-4-6-19(23)17-8-10-18(25-2)11-9-17/h8-11,14-15,19H,3-7,12-13H2,1-2H3. The normalized spacial score (nSPS) is 18.0. The van der Waals surface area contributed by atoms with Crippen LogP contribution in [0.1, 0.15) is 49.3 Å². The number of rotatable bonds is 5. The van der Waals surface area contributed by atoms with E-state index >= 15 is 0 Å². The molecular weight excluding hydrogens is 314 g/mol. The van der Waals surface area contributed by atoms with Crippen LogP contribution in [0.5, 0.6) is 5.75 Å². The van der Waals surface area contributed by atoms with Crippen molar-refractivity contribution >= 4 is 5.91 Å². The number of amides is 1. The van der Waals surface area contributed by atoms with E-state index in [-0.39, 0.29) is 11.9 Å². The van der Waals surface area contributed by atoms with E-state index in [0.717, 1.165) is 37.1 Å². The lowest BCUT2D eigenvalue weighted by atomic mass is 10.00. The molecule has 5 heteroatoms. The minimum Gasteiger partial charge on any atom is -0.497 e. The highest BCUT2D eigenvalue weighted by molar-refractivity contribution is 5.77. The van der Waals surface area contributed by atoms with Crippen molar-refractivity contribution in [1.29, 1.82) is 0 Å². The number of likely N-dealkylation sites (tertiary alicyclic amines) is 1. The molecule has 0 saturated carbocycles. The van der Waals surface area contributed by atoms with Crippen molar-refractivity contribution in [1.82, 2.24) is 14.7 Å². The largest absolute Gasteiger partial charge is 0.497 e. The molecule has 0 aliphatic carbocycles. The van der Waals surface area contributed by atoms with Gasteiger partial charge in [0, 0.05) is 26.2 Å². The Hall–Kier alpha value is -2.30. The van der Waals surface area contributed by atoms with Gasteiger partial charge in [0.15, 0.2) is 0 Å². The fraction of sp³-hybridized carbons (Fsp3) is 0.500. The topological polar surface area (TPSA) is 47.4 Å². The number of carbonyl (C=O) groups excluding carboxylic acids is 1. The summed E-state index contributed by atoms with van der Waals surface area (Å²) in [5.74, 6) is 1.10. The van der Waals surface area contributed by atoms with Gasteiger partial charge in [-0.1, -0.05) is 25.0 Å². The van der Waals surface area contributed by atoms with Crippen LogP contribution in [0.2, 0.25) is 0 Å². The number of ether oxygens (including phenoxy) is 1. The van der Waals surface area contributed by atoms with Gasteiger partial charge in [0.2, 0.25) is 5.91 Å². The summed E-state index contributed by atoms with van der Waals surface area (Å²) in [7, 11) is 3.58. The second kappa shape index (κ2) is 8.19. The lowest BCUT2D eigenvalue weighted by Gasteiger charge is -2.30. The molecule has 0 N–H and O–H groups in total. The number of aromatic nitrogens is 2. The van der Waals surface area contributed by atoms with Crippen LogP contribution >= 0.6 is 0 Å². The average molecular weight is 341 g/mol. The second-order valence-electron chi connectivity index (χ2n) is 6.75. The Kier molecular flexibility index (Phi) is 5.74. The van der Waals surface area contributed by atoms with Gasteiger partial charge in [-0.05, 0) is 42.5 Å². The Labute approximate surface area is 149 Å². The molecule has 2 aromatic rings. The molecule has 5 nitrogen and oxygen atoms in total. The molecule has 1 unspecified atom stereocenters. The van der Waals surface area contributed by atoms with E-state index < -0.39 is 0 Å². The average Bonchev–Trinajstić information content (AvgIpc) is 2.90. The van der Waals surface area contributed by atoms with Crippen molar-refractivity contribution in [2.24, 2.45) is 7.05 Å². The van der Waals surface area contributed by atoms with Crippen LogP contribution in [0, 0.1) is 0 Å². The van der Waals surface area contributed by atoms with Gasteiger partial charge >= 0.3 is 0 Å². The van der Waals surface area contributed by atoms with E-state index in [1.807, 2.05) is 31.6 Å². The first-order valence-electron chi connectivity index (χ1n) is 9.08. The molecule has 3 rings (SSSR count). The minimum atomic E-state index is 0.176. The molecule has 0 spiro atoms. The molecule has 1 fully saturated rings. The minimum absolute atomic E-state index is 0.176. The monoisotopic (exact) mass is 341 g/mol. The fourth-order valence-corrected chi connectivity index (χ4v) is 3.58. The zero-order valence-electron chi connectivity index (χ0n) is 15.1. The van der Waals surface area contributed by atoms with Crippen LogP contribution in [0.15, 0.2) is 36.7 Å². The predicted molar refractivity (Wildman–Crippen MR) is 97.4 cm³/mol. The summed E-state index contributed by atoms with van der Waals surface area (Å²) in [6.07, 6.45) is 9.60. The molecule has 0 bridgehead atoms.